The molecule has 1 rings (SSSR count). The molecule has 0 spiro atoms. The van der Waals surface area contributed by atoms with E-state index in [0.717, 1.165) is 5.56 Å². The fourth-order valence-electron chi connectivity index (χ4n) is 1.01. The van der Waals surface area contributed by atoms with E-state index in [2.05, 4.69) is 6.58 Å². The summed E-state index contributed by atoms with van der Waals surface area (Å²) in [5.74, 6) is -1.05. The Morgan fingerprint density at radius 1 is 1.36 bits per heavy atom. The van der Waals surface area contributed by atoms with Gasteiger partial charge in [-0.15, -0.1) is 0 Å². The highest BCUT2D eigenvalue weighted by molar-refractivity contribution is 7.81. The average molecular weight is 206 g/mol. The molecule has 0 atom stereocenters. The number of hydrogen-bond donors (Lipinski definition) is 1. The second-order valence-electron chi connectivity index (χ2n) is 2.87. The third-order valence-corrected chi connectivity index (χ3v) is 2.19. The molecule has 0 aromatic heterocycles. The smallest absolute Gasteiger partial charge is 0.336 e. The van der Waals surface area contributed by atoms with Crippen LogP contribution in [-0.4, -0.2) is 15.9 Å². The molecule has 0 aliphatic rings. The van der Waals surface area contributed by atoms with Crippen molar-refractivity contribution in [3.8, 4) is 0 Å². The van der Waals surface area contributed by atoms with Crippen molar-refractivity contribution >= 4 is 23.1 Å². The maximum absolute atomic E-state index is 10.5. The Labute approximate surface area is 87.9 Å². The number of rotatable bonds is 4. The quantitative estimate of drug-likeness (QED) is 0.606. The summed E-state index contributed by atoms with van der Waals surface area (Å²) in [4.78, 5) is 10.9. The fourth-order valence-corrected chi connectivity index (χ4v) is 1.26. The molecule has 0 aliphatic carbocycles. The molecule has 0 fully saturated rings. The van der Waals surface area contributed by atoms with Crippen LogP contribution in [0.1, 0.15) is 5.56 Å². The number of carboxylic acid groups (broad SMARTS) is 1. The lowest BCUT2D eigenvalue weighted by molar-refractivity contribution is -0.132. The monoisotopic (exact) mass is 206 g/mol. The molecular weight excluding hydrogens is 196 g/mol. The van der Waals surface area contributed by atoms with Gasteiger partial charge in [0.25, 0.3) is 0 Å². The second-order valence-corrected chi connectivity index (χ2v) is 3.36. The Morgan fingerprint density at radius 3 is 2.43 bits per heavy atom. The Morgan fingerprint density at radius 2 is 1.93 bits per heavy atom. The molecule has 2 nitrogen and oxygen atoms in total. The first-order valence-electron chi connectivity index (χ1n) is 4.10. The zero-order chi connectivity index (χ0) is 10.6. The van der Waals surface area contributed by atoms with Crippen LogP contribution in [0, 0.1) is 0 Å². The van der Waals surface area contributed by atoms with Crippen molar-refractivity contribution in [1.82, 2.24) is 0 Å². The van der Waals surface area contributed by atoms with Crippen LogP contribution < -0.4 is 0 Å². The van der Waals surface area contributed by atoms with Gasteiger partial charge in [0.15, 0.2) is 0 Å². The van der Waals surface area contributed by atoms with Gasteiger partial charge >= 0.3 is 5.97 Å². The van der Waals surface area contributed by atoms with E-state index in [0.29, 0.717) is 11.3 Å². The molecule has 1 aromatic carbocycles. The number of benzene rings is 1. The van der Waals surface area contributed by atoms with Gasteiger partial charge in [-0.2, -0.15) is 0 Å². The maximum atomic E-state index is 10.5. The summed E-state index contributed by atoms with van der Waals surface area (Å²) in [5.41, 5.74) is 1.00. The van der Waals surface area contributed by atoms with Crippen molar-refractivity contribution in [2.75, 3.05) is 0 Å². The van der Waals surface area contributed by atoms with Gasteiger partial charge in [-0.25, -0.2) is 4.79 Å². The third-order valence-electron chi connectivity index (χ3n) is 1.80. The lowest BCUT2D eigenvalue weighted by Crippen LogP contribution is -2.11. The number of aliphatic carboxylic acids is 1. The van der Waals surface area contributed by atoms with Gasteiger partial charge in [-0.3, -0.25) is 0 Å². The van der Waals surface area contributed by atoms with Gasteiger partial charge in [0.1, 0.15) is 0 Å². The highest BCUT2D eigenvalue weighted by Gasteiger charge is 2.10. The van der Waals surface area contributed by atoms with Gasteiger partial charge < -0.3 is 5.11 Å². The van der Waals surface area contributed by atoms with E-state index >= 15 is 0 Å². The minimum Gasteiger partial charge on any atom is -0.478 e. The van der Waals surface area contributed by atoms with Gasteiger partial charge in [0, 0.05) is 11.3 Å². The highest BCUT2D eigenvalue weighted by Crippen LogP contribution is 2.06. The summed E-state index contributed by atoms with van der Waals surface area (Å²) in [5, 5.41) is 8.64. The molecule has 0 radical (unpaired) electrons. The molecule has 0 heterocycles. The number of thiocarbonyl (C=S) groups is 1. The second kappa shape index (κ2) is 4.67. The van der Waals surface area contributed by atoms with E-state index in [4.69, 9.17) is 17.3 Å². The van der Waals surface area contributed by atoms with Crippen LogP contribution in [0.5, 0.6) is 0 Å². The summed E-state index contributed by atoms with van der Waals surface area (Å²) in [7, 11) is 0. The Bertz CT molecular complexity index is 368. The summed E-state index contributed by atoms with van der Waals surface area (Å²) >= 11 is 4.95. The van der Waals surface area contributed by atoms with E-state index in [1.165, 1.54) is 0 Å². The fraction of sp³-hybridized carbons (Fsp3) is 0.0909. The zero-order valence-corrected chi connectivity index (χ0v) is 8.38. The van der Waals surface area contributed by atoms with Crippen LogP contribution >= 0.6 is 12.2 Å². The van der Waals surface area contributed by atoms with E-state index in [9.17, 15) is 4.79 Å². The Hall–Kier alpha value is -1.48. The minimum atomic E-state index is -1.05. The highest BCUT2D eigenvalue weighted by atomic mass is 32.1. The molecule has 3 heteroatoms. The minimum absolute atomic E-state index is 0.00357. The van der Waals surface area contributed by atoms with Crippen molar-refractivity contribution in [3.05, 3.63) is 48.0 Å². The van der Waals surface area contributed by atoms with Crippen LogP contribution in [-0.2, 0) is 11.2 Å². The largest absolute Gasteiger partial charge is 0.478 e. The number of carboxylic acids is 1. The molecule has 0 saturated carbocycles. The van der Waals surface area contributed by atoms with Crippen LogP contribution in [0.15, 0.2) is 42.5 Å². The molecule has 0 aliphatic heterocycles. The lowest BCUT2D eigenvalue weighted by atomic mass is 10.1. The standard InChI is InChI=1S/C11H10O2S/c1-8(11(12)13)10(14)7-9-5-3-2-4-6-9/h2-6H,1,7H2,(H,12,13). The Balaban J connectivity index is 2.67. The van der Waals surface area contributed by atoms with Crippen LogP contribution in [0.4, 0.5) is 0 Å². The first-order chi connectivity index (χ1) is 6.61. The molecule has 72 valence electrons. The molecule has 1 aromatic rings. The SMILES string of the molecule is C=C(C(=O)O)C(=S)Cc1ccccc1. The van der Waals surface area contributed by atoms with Crippen molar-refractivity contribution in [3.63, 3.8) is 0 Å². The predicted octanol–water partition coefficient (Wildman–Crippen LogP) is 2.24. The molecular formula is C11H10O2S. The molecule has 14 heavy (non-hydrogen) atoms. The molecule has 0 amide bonds. The third kappa shape index (κ3) is 2.78. The maximum Gasteiger partial charge on any atom is 0.336 e. The topological polar surface area (TPSA) is 37.3 Å². The van der Waals surface area contributed by atoms with E-state index in [1.807, 2.05) is 30.3 Å². The molecule has 0 bridgehead atoms. The normalized spacial score (nSPS) is 9.43. The van der Waals surface area contributed by atoms with Gasteiger partial charge in [0.2, 0.25) is 0 Å². The van der Waals surface area contributed by atoms with Crippen molar-refractivity contribution in [2.45, 2.75) is 6.42 Å². The van der Waals surface area contributed by atoms with Crippen molar-refractivity contribution in [2.24, 2.45) is 0 Å². The van der Waals surface area contributed by atoms with Gasteiger partial charge in [0.05, 0.1) is 5.57 Å². The summed E-state index contributed by atoms with van der Waals surface area (Å²) < 4.78 is 0. The summed E-state index contributed by atoms with van der Waals surface area (Å²) in [6.45, 7) is 3.41. The summed E-state index contributed by atoms with van der Waals surface area (Å²) in [6, 6.07) is 9.49. The average Bonchev–Trinajstić information content (AvgIpc) is 2.18. The van der Waals surface area contributed by atoms with Crippen LogP contribution in [0.3, 0.4) is 0 Å². The van der Waals surface area contributed by atoms with Crippen LogP contribution in [0.2, 0.25) is 0 Å². The van der Waals surface area contributed by atoms with E-state index < -0.39 is 5.97 Å². The number of hydrogen-bond acceptors (Lipinski definition) is 2. The van der Waals surface area contributed by atoms with E-state index in [-0.39, 0.29) is 5.57 Å². The molecule has 0 saturated heterocycles. The van der Waals surface area contributed by atoms with E-state index in [1.54, 1.807) is 0 Å². The van der Waals surface area contributed by atoms with Crippen molar-refractivity contribution < 1.29 is 9.90 Å². The number of carbonyl (C=O) groups is 1. The van der Waals surface area contributed by atoms with Gasteiger partial charge in [-0.05, 0) is 5.56 Å². The predicted molar refractivity (Wildman–Crippen MR) is 59.5 cm³/mol. The molecule has 0 unspecified atom stereocenters. The van der Waals surface area contributed by atoms with Gasteiger partial charge in [-0.1, -0.05) is 49.1 Å². The Kier molecular flexibility index (Phi) is 3.54. The molecule has 1 N–H and O–H groups in total. The van der Waals surface area contributed by atoms with Crippen molar-refractivity contribution in [1.29, 1.82) is 0 Å². The summed E-state index contributed by atoms with van der Waals surface area (Å²) in [6.07, 6.45) is 0.460. The first-order valence-corrected chi connectivity index (χ1v) is 4.51. The first kappa shape index (κ1) is 10.6. The zero-order valence-electron chi connectivity index (χ0n) is 7.56. The lowest BCUT2D eigenvalue weighted by Gasteiger charge is -2.02. The van der Waals surface area contributed by atoms with Crippen LogP contribution in [0.25, 0.3) is 0 Å².